The Morgan fingerprint density at radius 1 is 1.13 bits per heavy atom. The summed E-state index contributed by atoms with van der Waals surface area (Å²) in [6.07, 6.45) is 0. The van der Waals surface area contributed by atoms with Crippen molar-refractivity contribution < 1.29 is 22.7 Å². The molecule has 0 bridgehead atoms. The van der Waals surface area contributed by atoms with Gasteiger partial charge in [0, 0.05) is 17.0 Å². The van der Waals surface area contributed by atoms with Crippen molar-refractivity contribution in [3.8, 4) is 17.2 Å². The molecule has 0 fully saturated rings. The van der Waals surface area contributed by atoms with Crippen LogP contribution in [0.1, 0.15) is 13.8 Å². The molecule has 9 nitrogen and oxygen atoms in total. The van der Waals surface area contributed by atoms with Gasteiger partial charge in [0.1, 0.15) is 11.5 Å². The van der Waals surface area contributed by atoms with Crippen molar-refractivity contribution in [1.29, 1.82) is 0 Å². The first-order valence-electron chi connectivity index (χ1n) is 8.96. The first-order valence-corrected chi connectivity index (χ1v) is 11.6. The first kappa shape index (κ1) is 22.8. The largest absolute Gasteiger partial charge is 0.497 e. The molecule has 0 aliphatic rings. The van der Waals surface area contributed by atoms with E-state index in [9.17, 15) is 13.2 Å². The zero-order chi connectivity index (χ0) is 22.6. The molecule has 0 aliphatic heterocycles. The highest BCUT2D eigenvalue weighted by Gasteiger charge is 2.23. The van der Waals surface area contributed by atoms with Gasteiger partial charge in [0.25, 0.3) is 14.4 Å². The third-order valence-electron chi connectivity index (χ3n) is 3.85. The number of benzene rings is 2. The number of ether oxygens (including phenoxy) is 2. The van der Waals surface area contributed by atoms with Gasteiger partial charge in [-0.3, -0.25) is 9.52 Å². The van der Waals surface area contributed by atoms with Crippen LogP contribution in [0.25, 0.3) is 0 Å². The number of nitrogens with one attached hydrogen (secondary N) is 2. The average molecular weight is 483 g/mol. The summed E-state index contributed by atoms with van der Waals surface area (Å²) in [6, 6.07) is 11.4. The van der Waals surface area contributed by atoms with Gasteiger partial charge in [-0.25, -0.2) is 0 Å². The van der Waals surface area contributed by atoms with E-state index in [4.69, 9.17) is 21.1 Å². The number of aromatic nitrogens is 2. The van der Waals surface area contributed by atoms with E-state index in [-0.39, 0.29) is 32.7 Å². The van der Waals surface area contributed by atoms with Crippen LogP contribution in [0.2, 0.25) is 5.02 Å². The Kier molecular flexibility index (Phi) is 6.98. The fourth-order valence-electron chi connectivity index (χ4n) is 2.27. The molecular weight excluding hydrogens is 464 g/mol. The highest BCUT2D eigenvalue weighted by atomic mass is 35.5. The van der Waals surface area contributed by atoms with Gasteiger partial charge in [-0.05, 0) is 30.3 Å². The Labute approximate surface area is 188 Å². The number of hydrogen-bond acceptors (Lipinski definition) is 8. The quantitative estimate of drug-likeness (QED) is 0.457. The van der Waals surface area contributed by atoms with Gasteiger partial charge in [-0.2, -0.15) is 8.42 Å². The fraction of sp³-hybridized carbons (Fsp3) is 0.211. The lowest BCUT2D eigenvalue weighted by Gasteiger charge is -2.13. The Balaban J connectivity index is 1.85. The summed E-state index contributed by atoms with van der Waals surface area (Å²) in [5.41, 5.74) is 0.110. The topological polar surface area (TPSA) is 120 Å². The van der Waals surface area contributed by atoms with Crippen LogP contribution >= 0.6 is 22.9 Å². The molecule has 31 heavy (non-hydrogen) atoms. The number of rotatable bonds is 8. The van der Waals surface area contributed by atoms with Gasteiger partial charge in [0.15, 0.2) is 5.75 Å². The number of hydrogen-bond donors (Lipinski definition) is 2. The molecule has 0 unspecified atom stereocenters. The van der Waals surface area contributed by atoms with Crippen LogP contribution < -0.4 is 19.5 Å². The van der Waals surface area contributed by atoms with Crippen molar-refractivity contribution >= 4 is 49.7 Å². The van der Waals surface area contributed by atoms with E-state index in [0.717, 1.165) is 11.3 Å². The zero-order valence-electron chi connectivity index (χ0n) is 16.7. The molecular formula is C19H19ClN4O5S2. The number of sulfonamides is 1. The minimum atomic E-state index is -4.11. The van der Waals surface area contributed by atoms with Crippen LogP contribution in [0.3, 0.4) is 0 Å². The minimum Gasteiger partial charge on any atom is -0.497 e. The van der Waals surface area contributed by atoms with Crippen molar-refractivity contribution in [2.75, 3.05) is 17.1 Å². The third kappa shape index (κ3) is 5.84. The van der Waals surface area contributed by atoms with E-state index in [1.807, 2.05) is 0 Å². The van der Waals surface area contributed by atoms with E-state index >= 15 is 0 Å². The molecule has 1 heterocycles. The maximum Gasteiger partial charge on any atom is 0.291 e. The summed E-state index contributed by atoms with van der Waals surface area (Å²) in [7, 11) is -2.58. The molecule has 3 rings (SSSR count). The SMILES string of the molecule is COc1cccc(Oc2ccc(Cl)cc2NS(=O)(=O)c2nnc(NC(=O)C(C)C)s2)c1. The Hall–Kier alpha value is -2.89. The predicted molar refractivity (Wildman–Crippen MR) is 119 cm³/mol. The smallest absolute Gasteiger partial charge is 0.291 e. The lowest BCUT2D eigenvalue weighted by Crippen LogP contribution is -2.17. The second kappa shape index (κ2) is 9.50. The van der Waals surface area contributed by atoms with Crippen molar-refractivity contribution in [2.45, 2.75) is 18.2 Å². The van der Waals surface area contributed by atoms with Crippen LogP contribution in [0, 0.1) is 5.92 Å². The monoisotopic (exact) mass is 482 g/mol. The molecule has 1 aromatic heterocycles. The molecule has 2 N–H and O–H groups in total. The fourth-order valence-corrected chi connectivity index (χ4v) is 4.41. The maximum atomic E-state index is 12.8. The lowest BCUT2D eigenvalue weighted by molar-refractivity contribution is -0.118. The summed E-state index contributed by atoms with van der Waals surface area (Å²) in [6.45, 7) is 3.41. The summed E-state index contributed by atoms with van der Waals surface area (Å²) >= 11 is 6.78. The number of nitrogens with zero attached hydrogens (tertiary/aromatic N) is 2. The van der Waals surface area contributed by atoms with Gasteiger partial charge < -0.3 is 14.8 Å². The third-order valence-corrected chi connectivity index (χ3v) is 6.65. The highest BCUT2D eigenvalue weighted by Crippen LogP contribution is 2.35. The van der Waals surface area contributed by atoms with E-state index in [2.05, 4.69) is 20.2 Å². The van der Waals surface area contributed by atoms with Crippen molar-refractivity contribution in [2.24, 2.45) is 5.92 Å². The normalized spacial score (nSPS) is 11.3. The molecule has 1 amide bonds. The summed E-state index contributed by atoms with van der Waals surface area (Å²) < 4.78 is 38.7. The van der Waals surface area contributed by atoms with E-state index in [0.29, 0.717) is 16.5 Å². The Morgan fingerprint density at radius 3 is 2.58 bits per heavy atom. The maximum absolute atomic E-state index is 12.8. The average Bonchev–Trinajstić information content (AvgIpc) is 3.19. The molecule has 164 valence electrons. The minimum absolute atomic E-state index is 0.0815. The molecule has 0 saturated carbocycles. The molecule has 3 aromatic rings. The zero-order valence-corrected chi connectivity index (χ0v) is 19.1. The van der Waals surface area contributed by atoms with Gasteiger partial charge in [0.2, 0.25) is 11.0 Å². The van der Waals surface area contributed by atoms with Crippen LogP contribution in [0.15, 0.2) is 46.8 Å². The molecule has 12 heteroatoms. The Morgan fingerprint density at radius 2 is 1.87 bits per heavy atom. The first-order chi connectivity index (χ1) is 14.7. The number of halogens is 1. The van der Waals surface area contributed by atoms with Gasteiger partial charge in [-0.15, -0.1) is 10.2 Å². The van der Waals surface area contributed by atoms with Crippen LogP contribution in [0.4, 0.5) is 10.8 Å². The standard InChI is InChI=1S/C19H19ClN4O5S2/c1-11(2)17(25)21-18-22-23-19(30-18)31(26,27)24-15-9-12(20)7-8-16(15)29-14-6-4-5-13(10-14)28-3/h4-11,24H,1-3H3,(H,21,22,25). The summed E-state index contributed by atoms with van der Waals surface area (Å²) in [4.78, 5) is 11.8. The lowest BCUT2D eigenvalue weighted by atomic mass is 10.2. The van der Waals surface area contributed by atoms with E-state index in [1.54, 1.807) is 44.2 Å². The van der Waals surface area contributed by atoms with E-state index < -0.39 is 10.0 Å². The van der Waals surface area contributed by atoms with Crippen LogP contribution in [-0.4, -0.2) is 31.6 Å². The van der Waals surface area contributed by atoms with Crippen molar-refractivity contribution in [3.05, 3.63) is 47.5 Å². The summed E-state index contributed by atoms with van der Waals surface area (Å²) in [5, 5.41) is 10.3. The number of methoxy groups -OCH3 is 1. The predicted octanol–water partition coefficient (Wildman–Crippen LogP) is 4.39. The Bertz CT molecular complexity index is 1200. The number of anilines is 2. The van der Waals surface area contributed by atoms with Gasteiger partial charge >= 0.3 is 0 Å². The van der Waals surface area contributed by atoms with Gasteiger partial charge in [-0.1, -0.05) is 42.9 Å². The van der Waals surface area contributed by atoms with Crippen LogP contribution in [0.5, 0.6) is 17.2 Å². The number of carbonyl (C=O) groups excluding carboxylic acids is 1. The second-order valence-electron chi connectivity index (χ2n) is 6.54. The molecule has 0 spiro atoms. The molecule has 2 aromatic carbocycles. The van der Waals surface area contributed by atoms with Gasteiger partial charge in [0.05, 0.1) is 12.8 Å². The number of carbonyl (C=O) groups is 1. The van der Waals surface area contributed by atoms with E-state index in [1.165, 1.54) is 19.2 Å². The molecule has 0 saturated heterocycles. The molecule has 0 aliphatic carbocycles. The second-order valence-corrected chi connectivity index (χ2v) is 9.81. The van der Waals surface area contributed by atoms with Crippen molar-refractivity contribution in [1.82, 2.24) is 10.2 Å². The molecule has 0 atom stereocenters. The molecule has 0 radical (unpaired) electrons. The number of amides is 1. The summed E-state index contributed by atoms with van der Waals surface area (Å²) in [5.74, 6) is 0.663. The van der Waals surface area contributed by atoms with Crippen molar-refractivity contribution in [3.63, 3.8) is 0 Å². The highest BCUT2D eigenvalue weighted by molar-refractivity contribution is 7.94. The van der Waals surface area contributed by atoms with Crippen LogP contribution in [-0.2, 0) is 14.8 Å².